The zero-order valence-electron chi connectivity index (χ0n) is 17.3. The summed E-state index contributed by atoms with van der Waals surface area (Å²) < 4.78 is 20.6. The summed E-state index contributed by atoms with van der Waals surface area (Å²) in [5.74, 6) is 0.0954. The normalized spacial score (nSPS) is 10.7. The van der Waals surface area contributed by atoms with E-state index in [0.29, 0.717) is 29.3 Å². The Balaban J connectivity index is 1.48. The van der Waals surface area contributed by atoms with Gasteiger partial charge in [0.15, 0.2) is 0 Å². The minimum Gasteiger partial charge on any atom is -0.489 e. The van der Waals surface area contributed by atoms with Gasteiger partial charge in [0.2, 0.25) is 0 Å². The summed E-state index contributed by atoms with van der Waals surface area (Å²) in [7, 11) is 0. The first-order valence-electron chi connectivity index (χ1n) is 9.91. The summed E-state index contributed by atoms with van der Waals surface area (Å²) in [5, 5.41) is 7.46. The molecule has 0 atom stereocenters. The van der Waals surface area contributed by atoms with Gasteiger partial charge >= 0.3 is 0 Å². The molecule has 0 spiro atoms. The van der Waals surface area contributed by atoms with Crippen LogP contribution in [-0.4, -0.2) is 15.7 Å². The predicted molar refractivity (Wildman–Crippen MR) is 118 cm³/mol. The summed E-state index contributed by atoms with van der Waals surface area (Å²) in [6.07, 6.45) is 0. The molecule has 0 bridgehead atoms. The molecule has 0 saturated heterocycles. The van der Waals surface area contributed by atoms with Crippen molar-refractivity contribution in [2.45, 2.75) is 20.5 Å². The maximum absolute atomic E-state index is 13.0. The van der Waals surface area contributed by atoms with Crippen LogP contribution in [0.25, 0.3) is 5.69 Å². The van der Waals surface area contributed by atoms with Crippen LogP contribution in [0.2, 0.25) is 0 Å². The number of halogens is 1. The summed E-state index contributed by atoms with van der Waals surface area (Å²) in [6.45, 7) is 4.01. The molecular weight excluding hydrogens is 393 g/mol. The summed E-state index contributed by atoms with van der Waals surface area (Å²) in [6, 6.07) is 23.0. The topological polar surface area (TPSA) is 56.2 Å². The number of anilines is 1. The lowest BCUT2D eigenvalue weighted by Crippen LogP contribution is -2.14. The number of benzene rings is 3. The van der Waals surface area contributed by atoms with Crippen molar-refractivity contribution < 1.29 is 13.9 Å². The van der Waals surface area contributed by atoms with E-state index >= 15 is 0 Å². The molecule has 1 heterocycles. The molecule has 4 rings (SSSR count). The largest absolute Gasteiger partial charge is 0.489 e. The summed E-state index contributed by atoms with van der Waals surface area (Å²) >= 11 is 0. The maximum atomic E-state index is 13.0. The third-order valence-corrected chi connectivity index (χ3v) is 4.93. The Hall–Kier alpha value is -3.93. The molecule has 0 aliphatic heterocycles. The lowest BCUT2D eigenvalue weighted by Gasteiger charge is -2.10. The van der Waals surface area contributed by atoms with Crippen molar-refractivity contribution in [3.05, 3.63) is 107 Å². The molecule has 0 aliphatic carbocycles. The lowest BCUT2D eigenvalue weighted by atomic mass is 10.1. The SMILES string of the molecule is Cc1nn(-c2ccccc2)c(C)c1C(=O)Nc1cccc(OCc2ccc(F)cc2)c1. The van der Waals surface area contributed by atoms with Crippen molar-refractivity contribution in [2.24, 2.45) is 0 Å². The van der Waals surface area contributed by atoms with Crippen molar-refractivity contribution in [2.75, 3.05) is 5.32 Å². The van der Waals surface area contributed by atoms with Crippen molar-refractivity contribution in [3.8, 4) is 11.4 Å². The number of ether oxygens (including phenoxy) is 1. The minimum atomic E-state index is -0.283. The van der Waals surface area contributed by atoms with Crippen LogP contribution < -0.4 is 10.1 Å². The highest BCUT2D eigenvalue weighted by atomic mass is 19.1. The molecule has 1 amide bonds. The van der Waals surface area contributed by atoms with Gasteiger partial charge in [0.05, 0.1) is 22.6 Å². The third-order valence-electron chi connectivity index (χ3n) is 4.93. The van der Waals surface area contributed by atoms with Crippen LogP contribution in [0, 0.1) is 19.7 Å². The first kappa shape index (κ1) is 20.3. The van der Waals surface area contributed by atoms with Gasteiger partial charge in [-0.05, 0) is 55.8 Å². The Bertz CT molecular complexity index is 1200. The second-order valence-corrected chi connectivity index (χ2v) is 7.19. The van der Waals surface area contributed by atoms with Crippen molar-refractivity contribution >= 4 is 11.6 Å². The number of hydrogen-bond donors (Lipinski definition) is 1. The molecule has 1 aromatic heterocycles. The average molecular weight is 415 g/mol. The Morgan fingerprint density at radius 3 is 2.48 bits per heavy atom. The number of nitrogens with one attached hydrogen (secondary N) is 1. The molecule has 6 heteroatoms. The fraction of sp³-hybridized carbons (Fsp3) is 0.120. The van der Waals surface area contributed by atoms with Crippen molar-refractivity contribution in [1.29, 1.82) is 0 Å². The van der Waals surface area contributed by atoms with Crippen molar-refractivity contribution in [1.82, 2.24) is 9.78 Å². The zero-order valence-corrected chi connectivity index (χ0v) is 17.3. The number of para-hydroxylation sites is 1. The van der Waals surface area contributed by atoms with Crippen LogP contribution in [0.1, 0.15) is 27.3 Å². The Morgan fingerprint density at radius 2 is 1.74 bits per heavy atom. The van der Waals surface area contributed by atoms with Gasteiger partial charge in [-0.15, -0.1) is 0 Å². The first-order chi connectivity index (χ1) is 15.0. The van der Waals surface area contributed by atoms with E-state index in [2.05, 4.69) is 10.4 Å². The van der Waals surface area contributed by atoms with Crippen LogP contribution >= 0.6 is 0 Å². The molecule has 0 unspecified atom stereocenters. The summed E-state index contributed by atoms with van der Waals surface area (Å²) in [5.41, 5.74) is 4.34. The number of rotatable bonds is 6. The van der Waals surface area contributed by atoms with Gasteiger partial charge in [-0.1, -0.05) is 36.4 Å². The minimum absolute atomic E-state index is 0.229. The highest BCUT2D eigenvalue weighted by Crippen LogP contribution is 2.22. The molecule has 4 aromatic rings. The molecule has 3 aromatic carbocycles. The average Bonchev–Trinajstić information content (AvgIpc) is 3.08. The summed E-state index contributed by atoms with van der Waals surface area (Å²) in [4.78, 5) is 13.0. The fourth-order valence-electron chi connectivity index (χ4n) is 3.40. The third kappa shape index (κ3) is 4.64. The van der Waals surface area contributed by atoms with Crippen LogP contribution in [0.4, 0.5) is 10.1 Å². The molecule has 0 radical (unpaired) electrons. The molecule has 5 nitrogen and oxygen atoms in total. The quantitative estimate of drug-likeness (QED) is 0.455. The van der Waals surface area contributed by atoms with Crippen LogP contribution in [0.15, 0.2) is 78.9 Å². The van der Waals surface area contributed by atoms with E-state index in [4.69, 9.17) is 4.74 Å². The molecule has 0 saturated carbocycles. The van der Waals surface area contributed by atoms with E-state index in [9.17, 15) is 9.18 Å². The van der Waals surface area contributed by atoms with E-state index in [1.165, 1.54) is 12.1 Å². The van der Waals surface area contributed by atoms with Gasteiger partial charge < -0.3 is 10.1 Å². The van der Waals surface area contributed by atoms with Gasteiger partial charge in [0.25, 0.3) is 5.91 Å². The van der Waals surface area contributed by atoms with E-state index in [1.54, 1.807) is 28.9 Å². The van der Waals surface area contributed by atoms with Gasteiger partial charge in [-0.3, -0.25) is 4.79 Å². The number of nitrogens with zero attached hydrogens (tertiary/aromatic N) is 2. The second-order valence-electron chi connectivity index (χ2n) is 7.19. The molecular formula is C25H22FN3O2. The highest BCUT2D eigenvalue weighted by Gasteiger charge is 2.19. The van der Waals surface area contributed by atoms with Gasteiger partial charge in [0.1, 0.15) is 18.2 Å². The van der Waals surface area contributed by atoms with Crippen LogP contribution in [0.3, 0.4) is 0 Å². The Kier molecular flexibility index (Phi) is 5.80. The molecule has 31 heavy (non-hydrogen) atoms. The first-order valence-corrected chi connectivity index (χ1v) is 9.91. The molecule has 0 aliphatic rings. The van der Waals surface area contributed by atoms with E-state index in [0.717, 1.165) is 16.9 Å². The Labute approximate surface area is 180 Å². The van der Waals surface area contributed by atoms with E-state index in [-0.39, 0.29) is 11.7 Å². The van der Waals surface area contributed by atoms with E-state index in [1.807, 2.05) is 56.3 Å². The number of carbonyl (C=O) groups excluding carboxylic acids is 1. The molecule has 156 valence electrons. The Morgan fingerprint density at radius 1 is 1.00 bits per heavy atom. The zero-order chi connectivity index (χ0) is 21.8. The maximum Gasteiger partial charge on any atom is 0.259 e. The number of amides is 1. The molecule has 1 N–H and O–H groups in total. The smallest absolute Gasteiger partial charge is 0.259 e. The van der Waals surface area contributed by atoms with Gasteiger partial charge in [-0.25, -0.2) is 9.07 Å². The number of aryl methyl sites for hydroxylation is 1. The lowest BCUT2D eigenvalue weighted by molar-refractivity contribution is 0.102. The fourth-order valence-corrected chi connectivity index (χ4v) is 3.40. The standard InChI is InChI=1S/C25H22FN3O2/c1-17-24(18(2)29(28-17)22-8-4-3-5-9-22)25(30)27-21-7-6-10-23(15-21)31-16-19-11-13-20(26)14-12-19/h3-15H,16H2,1-2H3,(H,27,30). The van der Waals surface area contributed by atoms with Crippen LogP contribution in [0.5, 0.6) is 5.75 Å². The monoisotopic (exact) mass is 415 g/mol. The second kappa shape index (κ2) is 8.83. The number of aromatic nitrogens is 2. The van der Waals surface area contributed by atoms with E-state index < -0.39 is 0 Å². The van der Waals surface area contributed by atoms with Crippen LogP contribution in [-0.2, 0) is 6.61 Å². The molecule has 0 fully saturated rings. The van der Waals surface area contributed by atoms with Crippen molar-refractivity contribution in [3.63, 3.8) is 0 Å². The predicted octanol–water partition coefficient (Wildman–Crippen LogP) is 5.46. The van der Waals surface area contributed by atoms with Gasteiger partial charge in [0, 0.05) is 11.8 Å². The van der Waals surface area contributed by atoms with Gasteiger partial charge in [-0.2, -0.15) is 5.10 Å². The number of hydrogen-bond acceptors (Lipinski definition) is 3. The number of carbonyl (C=O) groups is 1. The highest BCUT2D eigenvalue weighted by molar-refractivity contribution is 6.06.